The van der Waals surface area contributed by atoms with E-state index in [2.05, 4.69) is 5.32 Å². The lowest BCUT2D eigenvalue weighted by molar-refractivity contribution is 0.1000. The number of nitrogens with two attached hydrogens (primary N) is 2. The van der Waals surface area contributed by atoms with Crippen molar-refractivity contribution in [2.75, 3.05) is 24.2 Å². The van der Waals surface area contributed by atoms with Gasteiger partial charge in [-0.25, -0.2) is 0 Å². The van der Waals surface area contributed by atoms with Crippen LogP contribution in [0.5, 0.6) is 0 Å². The predicted molar refractivity (Wildman–Crippen MR) is 71.5 cm³/mol. The fourth-order valence-corrected chi connectivity index (χ4v) is 2.10. The Bertz CT molecular complexity index is 428. The number of nitrogen functional groups attached to an aromatic ring is 1. The molecule has 0 saturated carbocycles. The lowest BCUT2D eigenvalue weighted by atomic mass is 10.1. The van der Waals surface area contributed by atoms with Crippen molar-refractivity contribution in [3.63, 3.8) is 0 Å². The maximum Gasteiger partial charge on any atom is 0.248 e. The number of hydrogen-bond acceptors (Lipinski definition) is 4. The van der Waals surface area contributed by atoms with Crippen molar-refractivity contribution in [3.05, 3.63) is 23.8 Å². The molecule has 1 aliphatic heterocycles. The van der Waals surface area contributed by atoms with Crippen LogP contribution in [0.15, 0.2) is 18.2 Å². The van der Waals surface area contributed by atoms with Gasteiger partial charge in [-0.05, 0) is 37.5 Å². The predicted octanol–water partition coefficient (Wildman–Crippen LogP) is 1.35. The first-order valence-corrected chi connectivity index (χ1v) is 6.21. The van der Waals surface area contributed by atoms with E-state index in [1.165, 1.54) is 0 Å². The second-order valence-electron chi connectivity index (χ2n) is 4.52. The van der Waals surface area contributed by atoms with Gasteiger partial charge >= 0.3 is 0 Å². The van der Waals surface area contributed by atoms with Gasteiger partial charge in [0.15, 0.2) is 0 Å². The molecule has 2 rings (SSSR count). The van der Waals surface area contributed by atoms with Gasteiger partial charge in [-0.1, -0.05) is 0 Å². The molecular formula is C13H19N3O2. The topological polar surface area (TPSA) is 90.4 Å². The minimum Gasteiger partial charge on any atom is -0.397 e. The summed E-state index contributed by atoms with van der Waals surface area (Å²) in [6, 6.07) is 5.00. The molecule has 5 nitrogen and oxygen atoms in total. The van der Waals surface area contributed by atoms with Crippen LogP contribution in [-0.4, -0.2) is 25.2 Å². The molecule has 5 heteroatoms. The fraction of sp³-hybridized carbons (Fsp3) is 0.462. The van der Waals surface area contributed by atoms with Crippen LogP contribution in [0.25, 0.3) is 0 Å². The Morgan fingerprint density at radius 2 is 2.33 bits per heavy atom. The van der Waals surface area contributed by atoms with Crippen LogP contribution in [-0.2, 0) is 4.74 Å². The maximum atomic E-state index is 11.1. The molecule has 0 aliphatic carbocycles. The Kier molecular flexibility index (Phi) is 4.04. The number of carbonyl (C=O) groups is 1. The summed E-state index contributed by atoms with van der Waals surface area (Å²) >= 11 is 0. The molecule has 0 bridgehead atoms. The maximum absolute atomic E-state index is 11.1. The summed E-state index contributed by atoms with van der Waals surface area (Å²) in [6.07, 6.45) is 3.56. The van der Waals surface area contributed by atoms with Gasteiger partial charge in [-0.2, -0.15) is 0 Å². The number of nitrogens with one attached hydrogen (secondary N) is 1. The van der Waals surface area contributed by atoms with Crippen LogP contribution < -0.4 is 16.8 Å². The lowest BCUT2D eigenvalue weighted by Gasteiger charge is -2.13. The fourth-order valence-electron chi connectivity index (χ4n) is 2.10. The highest BCUT2D eigenvalue weighted by Gasteiger charge is 2.14. The summed E-state index contributed by atoms with van der Waals surface area (Å²) in [5, 5.41) is 3.22. The van der Waals surface area contributed by atoms with Gasteiger partial charge in [0, 0.05) is 18.7 Å². The second kappa shape index (κ2) is 5.73. The van der Waals surface area contributed by atoms with Crippen LogP contribution >= 0.6 is 0 Å². The van der Waals surface area contributed by atoms with Crippen LogP contribution in [0.3, 0.4) is 0 Å². The Morgan fingerprint density at radius 3 is 3.00 bits per heavy atom. The minimum absolute atomic E-state index is 0.345. The highest BCUT2D eigenvalue weighted by molar-refractivity contribution is 5.94. The number of rotatable bonds is 5. The Hall–Kier alpha value is -1.75. The van der Waals surface area contributed by atoms with Crippen LogP contribution in [0.2, 0.25) is 0 Å². The van der Waals surface area contributed by atoms with E-state index in [9.17, 15) is 4.79 Å². The van der Waals surface area contributed by atoms with Gasteiger partial charge in [0.05, 0.1) is 17.5 Å². The van der Waals surface area contributed by atoms with E-state index in [-0.39, 0.29) is 0 Å². The van der Waals surface area contributed by atoms with Gasteiger partial charge in [-0.15, -0.1) is 0 Å². The van der Waals surface area contributed by atoms with E-state index in [1.807, 2.05) is 0 Å². The Labute approximate surface area is 106 Å². The molecule has 18 heavy (non-hydrogen) atoms. The Morgan fingerprint density at radius 1 is 1.50 bits per heavy atom. The molecule has 98 valence electrons. The molecular weight excluding hydrogens is 230 g/mol. The van der Waals surface area contributed by atoms with Crippen molar-refractivity contribution < 1.29 is 9.53 Å². The van der Waals surface area contributed by atoms with Crippen LogP contribution in [0.4, 0.5) is 11.4 Å². The summed E-state index contributed by atoms with van der Waals surface area (Å²) in [7, 11) is 0. The van der Waals surface area contributed by atoms with Crippen molar-refractivity contribution in [1.29, 1.82) is 0 Å². The second-order valence-corrected chi connectivity index (χ2v) is 4.52. The SMILES string of the molecule is NC(=O)c1ccc(N)c(NCCC2CCCO2)c1. The first kappa shape index (κ1) is 12.7. The molecule has 5 N–H and O–H groups in total. The summed E-state index contributed by atoms with van der Waals surface area (Å²) in [5.74, 6) is -0.447. The molecule has 1 amide bonds. The van der Waals surface area contributed by atoms with E-state index < -0.39 is 5.91 Å². The molecule has 1 unspecified atom stereocenters. The van der Waals surface area contributed by atoms with Crippen molar-refractivity contribution in [1.82, 2.24) is 0 Å². The number of anilines is 2. The monoisotopic (exact) mass is 249 g/mol. The number of carbonyl (C=O) groups excluding carboxylic acids is 1. The Balaban J connectivity index is 1.91. The third kappa shape index (κ3) is 3.13. The largest absolute Gasteiger partial charge is 0.397 e. The zero-order valence-corrected chi connectivity index (χ0v) is 10.3. The lowest BCUT2D eigenvalue weighted by Crippen LogP contribution is -2.15. The quantitative estimate of drug-likeness (QED) is 0.687. The number of hydrogen-bond donors (Lipinski definition) is 3. The molecule has 1 atom stereocenters. The molecule has 0 radical (unpaired) electrons. The molecule has 0 spiro atoms. The van der Waals surface area contributed by atoms with Gasteiger partial charge in [0.1, 0.15) is 0 Å². The third-order valence-corrected chi connectivity index (χ3v) is 3.14. The van der Waals surface area contributed by atoms with Crippen molar-refractivity contribution in [2.45, 2.75) is 25.4 Å². The molecule has 1 aromatic rings. The van der Waals surface area contributed by atoms with Gasteiger partial charge < -0.3 is 21.5 Å². The smallest absolute Gasteiger partial charge is 0.248 e. The summed E-state index contributed by atoms with van der Waals surface area (Å²) < 4.78 is 5.54. The molecule has 1 aromatic carbocycles. The molecule has 0 aromatic heterocycles. The van der Waals surface area contributed by atoms with Crippen molar-refractivity contribution in [2.24, 2.45) is 5.73 Å². The molecule has 1 fully saturated rings. The minimum atomic E-state index is -0.447. The van der Waals surface area contributed by atoms with E-state index in [0.29, 0.717) is 17.4 Å². The standard InChI is InChI=1S/C13H19N3O2/c14-11-4-3-9(13(15)17)8-12(11)16-6-5-10-2-1-7-18-10/h3-4,8,10,16H,1-2,5-7,14H2,(H2,15,17). The highest BCUT2D eigenvalue weighted by Crippen LogP contribution is 2.21. The first-order chi connectivity index (χ1) is 8.66. The summed E-state index contributed by atoms with van der Waals surface area (Å²) in [6.45, 7) is 1.64. The summed E-state index contributed by atoms with van der Waals surface area (Å²) in [4.78, 5) is 11.1. The van der Waals surface area contributed by atoms with Crippen molar-refractivity contribution >= 4 is 17.3 Å². The normalized spacial score (nSPS) is 18.8. The zero-order chi connectivity index (χ0) is 13.0. The van der Waals surface area contributed by atoms with Gasteiger partial charge in [-0.3, -0.25) is 4.79 Å². The van der Waals surface area contributed by atoms with Crippen molar-refractivity contribution in [3.8, 4) is 0 Å². The highest BCUT2D eigenvalue weighted by atomic mass is 16.5. The average Bonchev–Trinajstić information content (AvgIpc) is 2.84. The number of benzene rings is 1. The number of primary amides is 1. The molecule has 1 aliphatic rings. The van der Waals surface area contributed by atoms with Crippen LogP contribution in [0.1, 0.15) is 29.6 Å². The third-order valence-electron chi connectivity index (χ3n) is 3.14. The first-order valence-electron chi connectivity index (χ1n) is 6.21. The van der Waals surface area contributed by atoms with Crippen LogP contribution in [0, 0.1) is 0 Å². The van der Waals surface area contributed by atoms with Gasteiger partial charge in [0.25, 0.3) is 0 Å². The molecule has 1 saturated heterocycles. The van der Waals surface area contributed by atoms with E-state index in [4.69, 9.17) is 16.2 Å². The average molecular weight is 249 g/mol. The number of ether oxygens (including phenoxy) is 1. The zero-order valence-electron chi connectivity index (χ0n) is 10.3. The van der Waals surface area contributed by atoms with Gasteiger partial charge in [0.2, 0.25) is 5.91 Å². The van der Waals surface area contributed by atoms with E-state index in [1.54, 1.807) is 18.2 Å². The van der Waals surface area contributed by atoms with E-state index >= 15 is 0 Å². The summed E-state index contributed by atoms with van der Waals surface area (Å²) in [5.41, 5.74) is 12.9. The van der Waals surface area contributed by atoms with E-state index in [0.717, 1.165) is 38.1 Å². The number of amides is 1. The molecule has 1 heterocycles.